The fourth-order valence-corrected chi connectivity index (χ4v) is 4.45. The van der Waals surface area contributed by atoms with Crippen LogP contribution >= 0.6 is 0 Å². The highest BCUT2D eigenvalue weighted by Crippen LogP contribution is 2.28. The van der Waals surface area contributed by atoms with Crippen LogP contribution in [0.5, 0.6) is 0 Å². The number of nitrogens with zero attached hydrogens (tertiary/aromatic N) is 3. The third-order valence-corrected chi connectivity index (χ3v) is 6.23. The van der Waals surface area contributed by atoms with E-state index in [1.807, 2.05) is 23.1 Å². The van der Waals surface area contributed by atoms with Gasteiger partial charge in [0.25, 0.3) is 0 Å². The van der Waals surface area contributed by atoms with Crippen LogP contribution in [0.4, 0.5) is 11.4 Å². The standard InChI is InChI=1S/C16H22N4O2S/c1-13-12-18-4-5-20(13)15-2-3-16(14(10-15)11-17)19-6-8-23(21,22)9-7-19/h2-3,10,13,18H,4-9,12H2,1H3/t13-/m1/s1. The summed E-state index contributed by atoms with van der Waals surface area (Å²) in [4.78, 5) is 4.31. The lowest BCUT2D eigenvalue weighted by Gasteiger charge is -2.36. The predicted octanol–water partition coefficient (Wildman–Crippen LogP) is 0.591. The third-order valence-electron chi connectivity index (χ3n) is 4.62. The molecule has 124 valence electrons. The van der Waals surface area contributed by atoms with Gasteiger partial charge in [-0.1, -0.05) is 0 Å². The fourth-order valence-electron chi connectivity index (χ4n) is 3.25. The van der Waals surface area contributed by atoms with Crippen LogP contribution in [0.1, 0.15) is 12.5 Å². The van der Waals surface area contributed by atoms with E-state index in [4.69, 9.17) is 0 Å². The Balaban J connectivity index is 1.84. The number of hydrogen-bond donors (Lipinski definition) is 1. The van der Waals surface area contributed by atoms with Crippen molar-refractivity contribution in [1.82, 2.24) is 5.32 Å². The molecule has 6 nitrogen and oxygen atoms in total. The zero-order chi connectivity index (χ0) is 16.4. The van der Waals surface area contributed by atoms with Crippen molar-refractivity contribution in [2.75, 3.05) is 54.0 Å². The number of rotatable bonds is 2. The molecule has 0 bridgehead atoms. The molecule has 1 atom stereocenters. The van der Waals surface area contributed by atoms with E-state index in [0.29, 0.717) is 24.7 Å². The zero-order valence-corrected chi connectivity index (χ0v) is 14.1. The Kier molecular flexibility index (Phi) is 4.46. The Morgan fingerprint density at radius 3 is 2.65 bits per heavy atom. The van der Waals surface area contributed by atoms with Gasteiger partial charge < -0.3 is 15.1 Å². The van der Waals surface area contributed by atoms with E-state index in [1.165, 1.54) is 0 Å². The maximum Gasteiger partial charge on any atom is 0.153 e. The first-order chi connectivity index (χ1) is 11.0. The van der Waals surface area contributed by atoms with Crippen molar-refractivity contribution in [1.29, 1.82) is 5.26 Å². The number of sulfone groups is 1. The van der Waals surface area contributed by atoms with Crippen molar-refractivity contribution in [3.8, 4) is 6.07 Å². The van der Waals surface area contributed by atoms with Gasteiger partial charge in [0.05, 0.1) is 22.8 Å². The monoisotopic (exact) mass is 334 g/mol. The van der Waals surface area contributed by atoms with Crippen molar-refractivity contribution in [3.05, 3.63) is 23.8 Å². The normalized spacial score (nSPS) is 24.3. The Morgan fingerprint density at radius 2 is 2.00 bits per heavy atom. The van der Waals surface area contributed by atoms with E-state index in [-0.39, 0.29) is 11.5 Å². The lowest BCUT2D eigenvalue weighted by Crippen LogP contribution is -2.50. The third kappa shape index (κ3) is 3.43. The predicted molar refractivity (Wildman–Crippen MR) is 91.7 cm³/mol. The summed E-state index contributed by atoms with van der Waals surface area (Å²) in [6.07, 6.45) is 0. The van der Waals surface area contributed by atoms with Crippen LogP contribution in [0, 0.1) is 11.3 Å². The molecular formula is C16H22N4O2S. The van der Waals surface area contributed by atoms with Crippen LogP contribution in [-0.2, 0) is 9.84 Å². The summed E-state index contributed by atoms with van der Waals surface area (Å²) >= 11 is 0. The second-order valence-electron chi connectivity index (χ2n) is 6.20. The molecule has 0 saturated carbocycles. The molecule has 2 aliphatic rings. The summed E-state index contributed by atoms with van der Waals surface area (Å²) in [7, 11) is -2.92. The first kappa shape index (κ1) is 16.1. The molecule has 1 N–H and O–H groups in total. The van der Waals surface area contributed by atoms with E-state index in [0.717, 1.165) is 31.0 Å². The molecule has 0 amide bonds. The molecule has 23 heavy (non-hydrogen) atoms. The lowest BCUT2D eigenvalue weighted by atomic mass is 10.1. The Bertz CT molecular complexity index is 712. The van der Waals surface area contributed by atoms with E-state index in [9.17, 15) is 13.7 Å². The second-order valence-corrected chi connectivity index (χ2v) is 8.50. The summed E-state index contributed by atoms with van der Waals surface area (Å²) in [5, 5.41) is 12.9. The van der Waals surface area contributed by atoms with Crippen LogP contribution < -0.4 is 15.1 Å². The largest absolute Gasteiger partial charge is 0.368 e. The summed E-state index contributed by atoms with van der Waals surface area (Å²) in [5.41, 5.74) is 2.52. The molecule has 0 aliphatic carbocycles. The quantitative estimate of drug-likeness (QED) is 0.853. The van der Waals surface area contributed by atoms with Crippen molar-refractivity contribution in [2.45, 2.75) is 13.0 Å². The second kappa shape index (κ2) is 6.38. The van der Waals surface area contributed by atoms with E-state index >= 15 is 0 Å². The number of anilines is 2. The molecule has 1 aromatic rings. The lowest BCUT2D eigenvalue weighted by molar-refractivity contribution is 0.501. The minimum Gasteiger partial charge on any atom is -0.368 e. The Hall–Kier alpha value is -1.78. The van der Waals surface area contributed by atoms with E-state index in [2.05, 4.69) is 23.2 Å². The molecule has 2 aliphatic heterocycles. The Morgan fingerprint density at radius 1 is 1.26 bits per heavy atom. The summed E-state index contributed by atoms with van der Waals surface area (Å²) in [6, 6.07) is 8.60. The number of nitriles is 1. The van der Waals surface area contributed by atoms with Crippen LogP contribution in [0.2, 0.25) is 0 Å². The minimum absolute atomic E-state index is 0.161. The molecule has 0 spiro atoms. The van der Waals surface area contributed by atoms with Gasteiger partial charge >= 0.3 is 0 Å². The van der Waals surface area contributed by atoms with Gasteiger partial charge in [-0.3, -0.25) is 0 Å². The van der Waals surface area contributed by atoms with Gasteiger partial charge in [-0.2, -0.15) is 5.26 Å². The highest BCUT2D eigenvalue weighted by Gasteiger charge is 2.24. The van der Waals surface area contributed by atoms with Gasteiger partial charge in [0.1, 0.15) is 6.07 Å². The number of nitrogens with one attached hydrogen (secondary N) is 1. The van der Waals surface area contributed by atoms with Gasteiger partial charge in [-0.15, -0.1) is 0 Å². The van der Waals surface area contributed by atoms with E-state index < -0.39 is 9.84 Å². The van der Waals surface area contributed by atoms with Crippen molar-refractivity contribution in [3.63, 3.8) is 0 Å². The number of piperazine rings is 1. The fraction of sp³-hybridized carbons (Fsp3) is 0.562. The highest BCUT2D eigenvalue weighted by atomic mass is 32.2. The highest BCUT2D eigenvalue weighted by molar-refractivity contribution is 7.91. The molecule has 0 unspecified atom stereocenters. The van der Waals surface area contributed by atoms with E-state index in [1.54, 1.807) is 0 Å². The van der Waals surface area contributed by atoms with Crippen LogP contribution in [0.25, 0.3) is 0 Å². The summed E-state index contributed by atoms with van der Waals surface area (Å²) in [5.74, 6) is 0.322. The number of benzene rings is 1. The topological polar surface area (TPSA) is 76.4 Å². The smallest absolute Gasteiger partial charge is 0.153 e. The van der Waals surface area contributed by atoms with Crippen molar-refractivity contribution >= 4 is 21.2 Å². The molecule has 7 heteroatoms. The molecule has 0 aromatic heterocycles. The SMILES string of the molecule is C[C@@H]1CNCCN1c1ccc(N2CCS(=O)(=O)CC2)c(C#N)c1. The van der Waals surface area contributed by atoms with Gasteiger partial charge in [0, 0.05) is 44.5 Å². The maximum absolute atomic E-state index is 11.6. The van der Waals surface area contributed by atoms with Crippen LogP contribution in [-0.4, -0.2) is 58.7 Å². The number of hydrogen-bond acceptors (Lipinski definition) is 6. The van der Waals surface area contributed by atoms with Crippen molar-refractivity contribution in [2.24, 2.45) is 0 Å². The molecule has 2 heterocycles. The molecule has 1 aromatic carbocycles. The van der Waals surface area contributed by atoms with Gasteiger partial charge in [-0.05, 0) is 25.1 Å². The minimum atomic E-state index is -2.92. The first-order valence-corrected chi connectivity index (χ1v) is 9.79. The molecule has 3 rings (SSSR count). The summed E-state index contributed by atoms with van der Waals surface area (Å²) < 4.78 is 23.1. The van der Waals surface area contributed by atoms with Gasteiger partial charge in [-0.25, -0.2) is 8.42 Å². The Labute approximate surface area is 137 Å². The average molecular weight is 334 g/mol. The molecule has 0 radical (unpaired) electrons. The van der Waals surface area contributed by atoms with Gasteiger partial charge in [0.15, 0.2) is 9.84 Å². The first-order valence-electron chi connectivity index (χ1n) is 7.97. The molecular weight excluding hydrogens is 312 g/mol. The maximum atomic E-state index is 11.6. The zero-order valence-electron chi connectivity index (χ0n) is 13.3. The average Bonchev–Trinajstić information content (AvgIpc) is 2.55. The molecule has 2 saturated heterocycles. The summed E-state index contributed by atoms with van der Waals surface area (Å²) in [6.45, 7) is 5.89. The van der Waals surface area contributed by atoms with Crippen molar-refractivity contribution < 1.29 is 8.42 Å². The van der Waals surface area contributed by atoms with Crippen LogP contribution in [0.15, 0.2) is 18.2 Å². The van der Waals surface area contributed by atoms with Gasteiger partial charge in [0.2, 0.25) is 0 Å². The van der Waals surface area contributed by atoms with Crippen LogP contribution in [0.3, 0.4) is 0 Å². The molecule has 2 fully saturated rings.